The number of para-hydroxylation sites is 1. The molecular formula is C16H22N4. The Kier molecular flexibility index (Phi) is 4.56. The molecule has 0 aliphatic heterocycles. The number of benzene rings is 1. The zero-order valence-corrected chi connectivity index (χ0v) is 12.6. The van der Waals surface area contributed by atoms with Gasteiger partial charge in [-0.1, -0.05) is 32.0 Å². The van der Waals surface area contributed by atoms with Gasteiger partial charge >= 0.3 is 0 Å². The highest BCUT2D eigenvalue weighted by Crippen LogP contribution is 2.30. The first-order valence-corrected chi connectivity index (χ1v) is 7.04. The Hall–Kier alpha value is -2.10. The maximum atomic E-state index is 4.42. The third kappa shape index (κ3) is 3.07. The van der Waals surface area contributed by atoms with E-state index in [2.05, 4.69) is 60.4 Å². The number of aromatic nitrogens is 2. The molecule has 0 saturated carbocycles. The standard InChI is InChI=1S/C16H22N4/c1-5-17-15-14(11(2)3)16(19-10-18-15)20-13-9-7-6-8-12(13)4/h6-11H,5H2,1-4H3,(H2,17,18,19,20). The molecule has 4 nitrogen and oxygen atoms in total. The second-order valence-electron chi connectivity index (χ2n) is 5.11. The lowest BCUT2D eigenvalue weighted by atomic mass is 10.0. The molecule has 0 saturated heterocycles. The van der Waals surface area contributed by atoms with E-state index in [1.807, 2.05) is 12.1 Å². The number of nitrogens with zero attached hydrogens (tertiary/aromatic N) is 2. The van der Waals surface area contributed by atoms with Crippen LogP contribution in [0.1, 0.15) is 37.8 Å². The SMILES string of the molecule is CCNc1ncnc(Nc2ccccc2C)c1C(C)C. The van der Waals surface area contributed by atoms with Gasteiger partial charge in [0.15, 0.2) is 0 Å². The second-order valence-corrected chi connectivity index (χ2v) is 5.11. The molecule has 0 spiro atoms. The fourth-order valence-corrected chi connectivity index (χ4v) is 2.19. The molecule has 0 bridgehead atoms. The molecule has 20 heavy (non-hydrogen) atoms. The monoisotopic (exact) mass is 270 g/mol. The number of nitrogens with one attached hydrogen (secondary N) is 2. The van der Waals surface area contributed by atoms with Gasteiger partial charge in [0.2, 0.25) is 0 Å². The Morgan fingerprint density at radius 3 is 2.45 bits per heavy atom. The van der Waals surface area contributed by atoms with Crippen molar-refractivity contribution in [3.8, 4) is 0 Å². The van der Waals surface area contributed by atoms with Gasteiger partial charge in [0.05, 0.1) is 0 Å². The molecule has 1 aromatic heterocycles. The zero-order chi connectivity index (χ0) is 14.5. The van der Waals surface area contributed by atoms with Crippen molar-refractivity contribution >= 4 is 17.3 Å². The van der Waals surface area contributed by atoms with Crippen LogP contribution in [-0.2, 0) is 0 Å². The molecule has 1 aromatic carbocycles. The molecular weight excluding hydrogens is 248 g/mol. The van der Waals surface area contributed by atoms with E-state index in [0.29, 0.717) is 5.92 Å². The first-order valence-electron chi connectivity index (χ1n) is 7.04. The van der Waals surface area contributed by atoms with E-state index in [1.165, 1.54) is 5.56 Å². The molecule has 2 N–H and O–H groups in total. The minimum Gasteiger partial charge on any atom is -0.370 e. The van der Waals surface area contributed by atoms with Crippen LogP contribution in [0, 0.1) is 6.92 Å². The quantitative estimate of drug-likeness (QED) is 0.859. The summed E-state index contributed by atoms with van der Waals surface area (Å²) in [5.41, 5.74) is 3.40. The molecule has 0 amide bonds. The van der Waals surface area contributed by atoms with Crippen LogP contribution in [0.5, 0.6) is 0 Å². The summed E-state index contributed by atoms with van der Waals surface area (Å²) in [6.45, 7) is 9.32. The molecule has 1 heterocycles. The molecule has 0 atom stereocenters. The van der Waals surface area contributed by atoms with Crippen molar-refractivity contribution in [2.75, 3.05) is 17.2 Å². The minimum absolute atomic E-state index is 0.344. The summed E-state index contributed by atoms with van der Waals surface area (Å²) in [5, 5.41) is 6.74. The maximum absolute atomic E-state index is 4.42. The Morgan fingerprint density at radius 2 is 1.80 bits per heavy atom. The second kappa shape index (κ2) is 6.37. The van der Waals surface area contributed by atoms with Gasteiger partial charge in [-0.25, -0.2) is 9.97 Å². The van der Waals surface area contributed by atoms with Gasteiger partial charge in [0, 0.05) is 17.8 Å². The van der Waals surface area contributed by atoms with Gasteiger partial charge in [0.1, 0.15) is 18.0 Å². The predicted molar refractivity (Wildman–Crippen MR) is 84.7 cm³/mol. The molecule has 0 unspecified atom stereocenters. The van der Waals surface area contributed by atoms with Crippen LogP contribution >= 0.6 is 0 Å². The third-order valence-electron chi connectivity index (χ3n) is 3.20. The van der Waals surface area contributed by atoms with Crippen molar-refractivity contribution in [3.63, 3.8) is 0 Å². The fraction of sp³-hybridized carbons (Fsp3) is 0.375. The van der Waals surface area contributed by atoms with E-state index < -0.39 is 0 Å². The van der Waals surface area contributed by atoms with Gasteiger partial charge in [-0.05, 0) is 31.4 Å². The average Bonchev–Trinajstić information content (AvgIpc) is 2.41. The number of hydrogen-bond acceptors (Lipinski definition) is 4. The molecule has 2 rings (SSSR count). The van der Waals surface area contributed by atoms with Crippen molar-refractivity contribution in [1.29, 1.82) is 0 Å². The molecule has 0 radical (unpaired) electrons. The molecule has 0 fully saturated rings. The molecule has 106 valence electrons. The van der Waals surface area contributed by atoms with Gasteiger partial charge in [-0.15, -0.1) is 0 Å². The number of rotatable bonds is 5. The molecule has 0 aliphatic carbocycles. The lowest BCUT2D eigenvalue weighted by Crippen LogP contribution is -2.09. The van der Waals surface area contributed by atoms with E-state index in [1.54, 1.807) is 6.33 Å². The number of anilines is 3. The predicted octanol–water partition coefficient (Wildman–Crippen LogP) is 4.08. The zero-order valence-electron chi connectivity index (χ0n) is 12.6. The van der Waals surface area contributed by atoms with E-state index in [9.17, 15) is 0 Å². The van der Waals surface area contributed by atoms with Crippen LogP contribution < -0.4 is 10.6 Å². The summed E-state index contributed by atoms with van der Waals surface area (Å²) in [6, 6.07) is 8.21. The lowest BCUT2D eigenvalue weighted by Gasteiger charge is -2.18. The minimum atomic E-state index is 0.344. The highest BCUT2D eigenvalue weighted by atomic mass is 15.1. The van der Waals surface area contributed by atoms with Crippen molar-refractivity contribution in [2.45, 2.75) is 33.6 Å². The maximum Gasteiger partial charge on any atom is 0.139 e. The summed E-state index contributed by atoms with van der Waals surface area (Å²) in [5.74, 6) is 2.13. The first-order chi connectivity index (χ1) is 9.63. The molecule has 0 aliphatic rings. The van der Waals surface area contributed by atoms with Crippen LogP contribution in [0.25, 0.3) is 0 Å². The summed E-state index contributed by atoms with van der Waals surface area (Å²) < 4.78 is 0. The van der Waals surface area contributed by atoms with E-state index >= 15 is 0 Å². The molecule has 4 heteroatoms. The first kappa shape index (κ1) is 14.3. The highest BCUT2D eigenvalue weighted by Gasteiger charge is 2.15. The summed E-state index contributed by atoms with van der Waals surface area (Å²) >= 11 is 0. The van der Waals surface area contributed by atoms with Crippen LogP contribution in [-0.4, -0.2) is 16.5 Å². The van der Waals surface area contributed by atoms with Crippen LogP contribution in [0.15, 0.2) is 30.6 Å². The Labute approximate surface area is 120 Å². The van der Waals surface area contributed by atoms with Crippen molar-refractivity contribution in [1.82, 2.24) is 9.97 Å². The number of aryl methyl sites for hydroxylation is 1. The van der Waals surface area contributed by atoms with Crippen LogP contribution in [0.4, 0.5) is 17.3 Å². The fourth-order valence-electron chi connectivity index (χ4n) is 2.19. The topological polar surface area (TPSA) is 49.8 Å². The Balaban J connectivity index is 2.41. The van der Waals surface area contributed by atoms with Crippen molar-refractivity contribution in [3.05, 3.63) is 41.7 Å². The number of hydrogen-bond donors (Lipinski definition) is 2. The normalized spacial score (nSPS) is 10.7. The van der Waals surface area contributed by atoms with E-state index in [-0.39, 0.29) is 0 Å². The van der Waals surface area contributed by atoms with Gasteiger partial charge < -0.3 is 10.6 Å². The Morgan fingerprint density at radius 1 is 1.10 bits per heavy atom. The summed E-state index contributed by atoms with van der Waals surface area (Å²) in [7, 11) is 0. The summed E-state index contributed by atoms with van der Waals surface area (Å²) in [6.07, 6.45) is 1.60. The third-order valence-corrected chi connectivity index (χ3v) is 3.20. The average molecular weight is 270 g/mol. The van der Waals surface area contributed by atoms with Crippen molar-refractivity contribution < 1.29 is 0 Å². The van der Waals surface area contributed by atoms with Gasteiger partial charge in [0.25, 0.3) is 0 Å². The largest absolute Gasteiger partial charge is 0.370 e. The summed E-state index contributed by atoms with van der Waals surface area (Å²) in [4.78, 5) is 8.77. The van der Waals surface area contributed by atoms with Crippen LogP contribution in [0.2, 0.25) is 0 Å². The van der Waals surface area contributed by atoms with E-state index in [0.717, 1.165) is 29.4 Å². The smallest absolute Gasteiger partial charge is 0.139 e. The highest BCUT2D eigenvalue weighted by molar-refractivity contribution is 5.67. The molecule has 2 aromatic rings. The lowest BCUT2D eigenvalue weighted by molar-refractivity contribution is 0.849. The Bertz CT molecular complexity index is 578. The van der Waals surface area contributed by atoms with Crippen molar-refractivity contribution in [2.24, 2.45) is 0 Å². The van der Waals surface area contributed by atoms with Crippen LogP contribution in [0.3, 0.4) is 0 Å². The van der Waals surface area contributed by atoms with Gasteiger partial charge in [-0.2, -0.15) is 0 Å². The van der Waals surface area contributed by atoms with Gasteiger partial charge in [-0.3, -0.25) is 0 Å². The van der Waals surface area contributed by atoms with E-state index in [4.69, 9.17) is 0 Å².